The lowest BCUT2D eigenvalue weighted by Gasteiger charge is -1.90. The van der Waals surface area contributed by atoms with Crippen molar-refractivity contribution in [3.05, 3.63) is 48.9 Å². The van der Waals surface area contributed by atoms with Crippen molar-refractivity contribution in [1.29, 1.82) is 0 Å². The lowest BCUT2D eigenvalue weighted by atomic mass is 10.2. The highest BCUT2D eigenvalue weighted by molar-refractivity contribution is 5.83. The average molecular weight is 207 g/mol. The third kappa shape index (κ3) is 2.94. The second kappa shape index (κ2) is 6.82. The molecule has 1 nitrogen and oxygen atoms in total. The first kappa shape index (κ1) is 13.4. The Kier molecular flexibility index (Phi) is 6.11. The van der Waals surface area contributed by atoms with Crippen LogP contribution in [0.1, 0.15) is 19.4 Å². The van der Waals surface area contributed by atoms with E-state index in [1.165, 1.54) is 6.07 Å². The Morgan fingerprint density at radius 2 is 1.80 bits per heavy atom. The number of H-pyrrole nitrogens is 1. The van der Waals surface area contributed by atoms with Gasteiger partial charge in [0.2, 0.25) is 0 Å². The van der Waals surface area contributed by atoms with Crippen LogP contribution in [0.4, 0.5) is 4.39 Å². The van der Waals surface area contributed by atoms with Crippen molar-refractivity contribution in [3.63, 3.8) is 0 Å². The zero-order valence-corrected chi connectivity index (χ0v) is 9.60. The topological polar surface area (TPSA) is 15.8 Å². The molecule has 1 aromatic heterocycles. The van der Waals surface area contributed by atoms with Gasteiger partial charge in [0.25, 0.3) is 0 Å². The standard InChI is InChI=1S/C9H8FN.C2H6.C2H4/c1-6-5-11-9-7(6)3-2-4-8(9)10;2*1-2/h2-5,11H,1H3;1-2H3;1-2H2. The van der Waals surface area contributed by atoms with Crippen molar-refractivity contribution in [3.8, 4) is 0 Å². The van der Waals surface area contributed by atoms with Crippen LogP contribution in [0.5, 0.6) is 0 Å². The fourth-order valence-corrected chi connectivity index (χ4v) is 1.26. The minimum atomic E-state index is -0.185. The summed E-state index contributed by atoms with van der Waals surface area (Å²) in [5.74, 6) is -0.185. The van der Waals surface area contributed by atoms with Crippen molar-refractivity contribution >= 4 is 10.9 Å². The number of halogens is 1. The Labute approximate surface area is 90.6 Å². The maximum atomic E-state index is 13.0. The Hall–Kier alpha value is -1.57. The molecule has 2 aromatic rings. The first-order chi connectivity index (χ1) is 7.29. The van der Waals surface area contributed by atoms with E-state index in [1.807, 2.05) is 33.0 Å². The molecular formula is C13H18FN. The molecule has 2 rings (SSSR count). The van der Waals surface area contributed by atoms with Gasteiger partial charge in [-0.2, -0.15) is 0 Å². The highest BCUT2D eigenvalue weighted by atomic mass is 19.1. The van der Waals surface area contributed by atoms with E-state index in [-0.39, 0.29) is 5.82 Å². The van der Waals surface area contributed by atoms with E-state index in [0.717, 1.165) is 10.9 Å². The number of aromatic amines is 1. The summed E-state index contributed by atoms with van der Waals surface area (Å²) < 4.78 is 13.0. The Morgan fingerprint density at radius 1 is 1.20 bits per heavy atom. The number of aryl methyl sites for hydroxylation is 1. The van der Waals surface area contributed by atoms with Gasteiger partial charge in [0.05, 0.1) is 5.52 Å². The fraction of sp³-hybridized carbons (Fsp3) is 0.231. The van der Waals surface area contributed by atoms with Crippen molar-refractivity contribution in [2.45, 2.75) is 20.8 Å². The molecule has 0 radical (unpaired) electrons. The van der Waals surface area contributed by atoms with Gasteiger partial charge in [-0.3, -0.25) is 0 Å². The van der Waals surface area contributed by atoms with Gasteiger partial charge >= 0.3 is 0 Å². The van der Waals surface area contributed by atoms with Crippen LogP contribution in [-0.2, 0) is 0 Å². The van der Waals surface area contributed by atoms with Crippen LogP contribution in [-0.4, -0.2) is 4.98 Å². The van der Waals surface area contributed by atoms with E-state index >= 15 is 0 Å². The zero-order chi connectivity index (χ0) is 11.8. The third-order valence-electron chi connectivity index (χ3n) is 1.87. The zero-order valence-electron chi connectivity index (χ0n) is 9.60. The highest BCUT2D eigenvalue weighted by Crippen LogP contribution is 2.19. The number of aromatic nitrogens is 1. The second-order valence-corrected chi connectivity index (χ2v) is 2.63. The van der Waals surface area contributed by atoms with Crippen LogP contribution >= 0.6 is 0 Å². The quantitative estimate of drug-likeness (QED) is 0.614. The largest absolute Gasteiger partial charge is 0.359 e. The molecule has 0 aliphatic heterocycles. The average Bonchev–Trinajstić information content (AvgIpc) is 2.68. The summed E-state index contributed by atoms with van der Waals surface area (Å²) in [6, 6.07) is 5.08. The molecule has 0 spiro atoms. The molecule has 2 heteroatoms. The van der Waals surface area contributed by atoms with Gasteiger partial charge in [-0.05, 0) is 18.6 Å². The number of rotatable bonds is 0. The molecular weight excluding hydrogens is 189 g/mol. The van der Waals surface area contributed by atoms with Crippen LogP contribution in [0.25, 0.3) is 10.9 Å². The Morgan fingerprint density at radius 3 is 2.33 bits per heavy atom. The summed E-state index contributed by atoms with van der Waals surface area (Å²) in [6.45, 7) is 12.0. The van der Waals surface area contributed by atoms with E-state index in [9.17, 15) is 4.39 Å². The minimum Gasteiger partial charge on any atom is -0.359 e. The summed E-state index contributed by atoms with van der Waals surface area (Å²) in [5.41, 5.74) is 1.68. The fourth-order valence-electron chi connectivity index (χ4n) is 1.26. The van der Waals surface area contributed by atoms with Gasteiger partial charge in [0, 0.05) is 11.6 Å². The minimum absolute atomic E-state index is 0.185. The van der Waals surface area contributed by atoms with Crippen LogP contribution < -0.4 is 0 Å². The molecule has 0 saturated carbocycles. The smallest absolute Gasteiger partial charge is 0.147 e. The maximum Gasteiger partial charge on any atom is 0.147 e. The summed E-state index contributed by atoms with van der Waals surface area (Å²) in [6.07, 6.45) is 1.81. The lowest BCUT2D eigenvalue weighted by molar-refractivity contribution is 0.637. The van der Waals surface area contributed by atoms with Crippen LogP contribution in [0.15, 0.2) is 37.6 Å². The normalized spacial score (nSPS) is 8.53. The first-order valence-corrected chi connectivity index (χ1v) is 5.01. The molecule has 1 N–H and O–H groups in total. The summed E-state index contributed by atoms with van der Waals surface area (Å²) in [4.78, 5) is 2.88. The van der Waals surface area contributed by atoms with Crippen molar-refractivity contribution < 1.29 is 4.39 Å². The SMILES string of the molecule is C=C.CC.Cc1c[nH]c2c(F)cccc12. The van der Waals surface area contributed by atoms with Gasteiger partial charge < -0.3 is 4.98 Å². The number of nitrogens with one attached hydrogen (secondary N) is 1. The molecule has 0 aliphatic rings. The molecule has 0 unspecified atom stereocenters. The van der Waals surface area contributed by atoms with E-state index in [0.29, 0.717) is 5.52 Å². The van der Waals surface area contributed by atoms with Crippen LogP contribution in [0.3, 0.4) is 0 Å². The number of fused-ring (bicyclic) bond motifs is 1. The van der Waals surface area contributed by atoms with Gasteiger partial charge in [-0.25, -0.2) is 4.39 Å². The van der Waals surface area contributed by atoms with E-state index in [4.69, 9.17) is 0 Å². The van der Waals surface area contributed by atoms with E-state index < -0.39 is 0 Å². The van der Waals surface area contributed by atoms with Crippen LogP contribution in [0, 0.1) is 12.7 Å². The molecule has 0 bridgehead atoms. The number of hydrogen-bond donors (Lipinski definition) is 1. The molecule has 0 saturated heterocycles. The van der Waals surface area contributed by atoms with Crippen molar-refractivity contribution in [2.75, 3.05) is 0 Å². The molecule has 0 aliphatic carbocycles. The van der Waals surface area contributed by atoms with Gasteiger partial charge in [-0.1, -0.05) is 26.0 Å². The molecule has 1 heterocycles. The van der Waals surface area contributed by atoms with Gasteiger partial charge in [-0.15, -0.1) is 13.2 Å². The Bertz CT molecular complexity index is 404. The Balaban J connectivity index is 0.000000442. The molecule has 1 aromatic carbocycles. The van der Waals surface area contributed by atoms with Gasteiger partial charge in [0.15, 0.2) is 0 Å². The highest BCUT2D eigenvalue weighted by Gasteiger charge is 2.02. The third-order valence-corrected chi connectivity index (χ3v) is 1.87. The summed E-state index contributed by atoms with van der Waals surface area (Å²) in [7, 11) is 0. The predicted molar refractivity (Wildman–Crippen MR) is 65.6 cm³/mol. The van der Waals surface area contributed by atoms with E-state index in [2.05, 4.69) is 18.1 Å². The first-order valence-electron chi connectivity index (χ1n) is 5.01. The van der Waals surface area contributed by atoms with Crippen LogP contribution in [0.2, 0.25) is 0 Å². The lowest BCUT2D eigenvalue weighted by Crippen LogP contribution is -1.75. The number of para-hydroxylation sites is 1. The van der Waals surface area contributed by atoms with E-state index in [1.54, 1.807) is 6.07 Å². The molecule has 0 fully saturated rings. The molecule has 82 valence electrons. The number of benzene rings is 1. The summed E-state index contributed by atoms with van der Waals surface area (Å²) in [5, 5.41) is 0.963. The molecule has 0 atom stereocenters. The molecule has 0 amide bonds. The second-order valence-electron chi connectivity index (χ2n) is 2.63. The van der Waals surface area contributed by atoms with Crippen molar-refractivity contribution in [2.24, 2.45) is 0 Å². The number of hydrogen-bond acceptors (Lipinski definition) is 0. The maximum absolute atomic E-state index is 13.0. The predicted octanol–water partition coefficient (Wildman–Crippen LogP) is 4.44. The molecule has 15 heavy (non-hydrogen) atoms. The van der Waals surface area contributed by atoms with Crippen molar-refractivity contribution in [1.82, 2.24) is 4.98 Å². The summed E-state index contributed by atoms with van der Waals surface area (Å²) >= 11 is 0. The van der Waals surface area contributed by atoms with Gasteiger partial charge in [0.1, 0.15) is 5.82 Å². The monoisotopic (exact) mass is 207 g/mol.